The molecule has 2 aromatic rings. The average Bonchev–Trinajstić information content (AvgIpc) is 2.56. The van der Waals surface area contributed by atoms with Gasteiger partial charge in [-0.25, -0.2) is 0 Å². The Morgan fingerprint density at radius 3 is 1.41 bits per heavy atom. The van der Waals surface area contributed by atoms with Crippen LogP contribution >= 0.6 is 0 Å². The van der Waals surface area contributed by atoms with Crippen LogP contribution in [0.4, 0.5) is 0 Å². The molecule has 2 unspecified atom stereocenters. The van der Waals surface area contributed by atoms with Gasteiger partial charge in [-0.15, -0.1) is 0 Å². The summed E-state index contributed by atoms with van der Waals surface area (Å²) >= 11 is 0. The van der Waals surface area contributed by atoms with Crippen LogP contribution in [0.15, 0.2) is 60.7 Å². The first kappa shape index (κ1) is 16.5. The lowest BCUT2D eigenvalue weighted by Gasteiger charge is -2.33. The molecule has 0 amide bonds. The van der Waals surface area contributed by atoms with Crippen LogP contribution in [0.5, 0.6) is 0 Å². The molecule has 0 aliphatic heterocycles. The summed E-state index contributed by atoms with van der Waals surface area (Å²) in [6.45, 7) is 6.46. The van der Waals surface area contributed by atoms with Crippen molar-refractivity contribution in [2.75, 3.05) is 0 Å². The second-order valence-electron chi connectivity index (χ2n) is 6.06. The van der Waals surface area contributed by atoms with E-state index in [1.165, 1.54) is 11.1 Å². The maximum Gasteiger partial charge on any atom is 0.0101 e. The van der Waals surface area contributed by atoms with Crippen molar-refractivity contribution in [2.24, 2.45) is 5.92 Å². The predicted molar refractivity (Wildman–Crippen MR) is 95.8 cm³/mol. The molecule has 0 aromatic heterocycles. The molecule has 0 aliphatic carbocycles. The number of hydrogen-bond donors (Lipinski definition) is 1. The predicted octanol–water partition coefficient (Wildman–Crippen LogP) is 6.03. The van der Waals surface area contributed by atoms with Crippen LogP contribution in [0.3, 0.4) is 0 Å². The summed E-state index contributed by atoms with van der Waals surface area (Å²) in [7, 11) is 0. The standard InChI is InChI=1S/C21H27N/c1-4-19(17-12-8-6-9-13-17)21(16(3)22)20(5-2)18-14-10-7-11-15-18/h6-15,19-22H,4-5H2,1-3H3. The van der Waals surface area contributed by atoms with E-state index in [0.29, 0.717) is 11.8 Å². The Labute approximate surface area is 134 Å². The molecule has 0 aliphatic rings. The van der Waals surface area contributed by atoms with Gasteiger partial charge in [-0.2, -0.15) is 0 Å². The molecular formula is C21H27N. The molecule has 0 saturated heterocycles. The fourth-order valence-corrected chi connectivity index (χ4v) is 3.68. The molecular weight excluding hydrogens is 266 g/mol. The van der Waals surface area contributed by atoms with Crippen molar-refractivity contribution >= 4 is 5.71 Å². The third-order valence-electron chi connectivity index (χ3n) is 4.70. The zero-order valence-electron chi connectivity index (χ0n) is 13.9. The Bertz CT molecular complexity index is 526. The largest absolute Gasteiger partial charge is 0.310 e. The zero-order chi connectivity index (χ0) is 15.9. The first-order chi connectivity index (χ1) is 10.7. The minimum atomic E-state index is 0.264. The van der Waals surface area contributed by atoms with E-state index in [2.05, 4.69) is 74.5 Å². The van der Waals surface area contributed by atoms with E-state index in [4.69, 9.17) is 5.41 Å². The van der Waals surface area contributed by atoms with Crippen molar-refractivity contribution < 1.29 is 0 Å². The second kappa shape index (κ2) is 7.93. The lowest BCUT2D eigenvalue weighted by molar-refractivity contribution is 0.424. The maximum absolute atomic E-state index is 8.42. The number of nitrogens with one attached hydrogen (secondary N) is 1. The number of rotatable bonds is 7. The van der Waals surface area contributed by atoms with E-state index in [1.54, 1.807) is 0 Å². The van der Waals surface area contributed by atoms with Crippen LogP contribution < -0.4 is 0 Å². The highest BCUT2D eigenvalue weighted by molar-refractivity contribution is 5.83. The van der Waals surface area contributed by atoms with Crippen molar-refractivity contribution in [3.05, 3.63) is 71.8 Å². The van der Waals surface area contributed by atoms with E-state index < -0.39 is 0 Å². The van der Waals surface area contributed by atoms with Crippen molar-refractivity contribution in [2.45, 2.75) is 45.4 Å². The molecule has 1 N–H and O–H groups in total. The van der Waals surface area contributed by atoms with Gasteiger partial charge in [0, 0.05) is 11.6 Å². The molecule has 1 nitrogen and oxygen atoms in total. The van der Waals surface area contributed by atoms with E-state index >= 15 is 0 Å². The lowest BCUT2D eigenvalue weighted by atomic mass is 9.71. The Kier molecular flexibility index (Phi) is 5.94. The summed E-state index contributed by atoms with van der Waals surface area (Å²) in [5.74, 6) is 1.08. The van der Waals surface area contributed by atoms with Crippen LogP contribution in [0, 0.1) is 11.3 Å². The Hall–Kier alpha value is -1.89. The first-order valence-corrected chi connectivity index (χ1v) is 8.33. The van der Waals surface area contributed by atoms with Crippen molar-refractivity contribution in [1.82, 2.24) is 0 Å². The zero-order valence-corrected chi connectivity index (χ0v) is 13.9. The molecule has 1 heteroatoms. The maximum atomic E-state index is 8.42. The molecule has 0 radical (unpaired) electrons. The third-order valence-corrected chi connectivity index (χ3v) is 4.70. The average molecular weight is 293 g/mol. The first-order valence-electron chi connectivity index (χ1n) is 8.33. The van der Waals surface area contributed by atoms with Gasteiger partial charge >= 0.3 is 0 Å². The highest BCUT2D eigenvalue weighted by Crippen LogP contribution is 2.40. The minimum Gasteiger partial charge on any atom is -0.310 e. The minimum absolute atomic E-state index is 0.264. The highest BCUT2D eigenvalue weighted by Gasteiger charge is 2.31. The van der Waals surface area contributed by atoms with E-state index in [1.807, 2.05) is 6.92 Å². The molecule has 116 valence electrons. The third kappa shape index (κ3) is 3.65. The Morgan fingerprint density at radius 2 is 1.14 bits per heavy atom. The van der Waals surface area contributed by atoms with E-state index in [-0.39, 0.29) is 5.92 Å². The quantitative estimate of drug-likeness (QED) is 0.603. The second-order valence-corrected chi connectivity index (χ2v) is 6.06. The number of hydrogen-bond acceptors (Lipinski definition) is 1. The fraction of sp³-hybridized carbons (Fsp3) is 0.381. The van der Waals surface area contributed by atoms with Gasteiger partial charge in [0.1, 0.15) is 0 Å². The molecule has 2 aromatic carbocycles. The van der Waals surface area contributed by atoms with Crippen LogP contribution in [0.25, 0.3) is 0 Å². The van der Waals surface area contributed by atoms with Crippen molar-refractivity contribution in [3.8, 4) is 0 Å². The highest BCUT2D eigenvalue weighted by atomic mass is 14.5. The van der Waals surface area contributed by atoms with Gasteiger partial charge in [0.2, 0.25) is 0 Å². The molecule has 2 rings (SSSR count). The molecule has 0 heterocycles. The molecule has 0 bridgehead atoms. The summed E-state index contributed by atoms with van der Waals surface area (Å²) in [6, 6.07) is 21.4. The fourth-order valence-electron chi connectivity index (χ4n) is 3.68. The van der Waals surface area contributed by atoms with Crippen molar-refractivity contribution in [1.29, 1.82) is 5.41 Å². The number of benzene rings is 2. The lowest BCUT2D eigenvalue weighted by Crippen LogP contribution is -2.26. The normalized spacial score (nSPS) is 15.0. The van der Waals surface area contributed by atoms with Gasteiger partial charge in [0.15, 0.2) is 0 Å². The SMILES string of the molecule is CCC(c1ccccc1)C(C(C)=N)C(CC)c1ccccc1. The smallest absolute Gasteiger partial charge is 0.0101 e. The Balaban J connectivity index is 2.41. The molecule has 22 heavy (non-hydrogen) atoms. The van der Waals surface area contributed by atoms with Crippen LogP contribution in [0.2, 0.25) is 0 Å². The van der Waals surface area contributed by atoms with Gasteiger partial charge in [-0.3, -0.25) is 0 Å². The monoisotopic (exact) mass is 293 g/mol. The summed E-state index contributed by atoms with van der Waals surface area (Å²) in [4.78, 5) is 0. The summed E-state index contributed by atoms with van der Waals surface area (Å²) < 4.78 is 0. The van der Waals surface area contributed by atoms with E-state index in [9.17, 15) is 0 Å². The Morgan fingerprint density at radius 1 is 0.773 bits per heavy atom. The van der Waals surface area contributed by atoms with E-state index in [0.717, 1.165) is 18.6 Å². The molecule has 0 spiro atoms. The van der Waals surface area contributed by atoms with Gasteiger partial charge in [0.05, 0.1) is 0 Å². The van der Waals surface area contributed by atoms with Gasteiger partial charge in [-0.1, -0.05) is 74.5 Å². The summed E-state index contributed by atoms with van der Waals surface area (Å²) in [6.07, 6.45) is 2.13. The van der Waals surface area contributed by atoms with Gasteiger partial charge in [-0.05, 0) is 42.7 Å². The van der Waals surface area contributed by atoms with Gasteiger partial charge in [0.25, 0.3) is 0 Å². The summed E-state index contributed by atoms with van der Waals surface area (Å²) in [5, 5.41) is 8.42. The van der Waals surface area contributed by atoms with Crippen LogP contribution in [-0.4, -0.2) is 5.71 Å². The van der Waals surface area contributed by atoms with Crippen molar-refractivity contribution in [3.63, 3.8) is 0 Å². The van der Waals surface area contributed by atoms with Crippen LogP contribution in [-0.2, 0) is 0 Å². The topological polar surface area (TPSA) is 23.9 Å². The van der Waals surface area contributed by atoms with Gasteiger partial charge < -0.3 is 5.41 Å². The molecule has 2 atom stereocenters. The van der Waals surface area contributed by atoms with Crippen LogP contribution in [0.1, 0.15) is 56.6 Å². The summed E-state index contributed by atoms with van der Waals surface area (Å²) in [5.41, 5.74) is 3.51. The molecule has 0 fully saturated rings. The molecule has 0 saturated carbocycles.